The predicted molar refractivity (Wildman–Crippen MR) is 134 cm³/mol. The highest BCUT2D eigenvalue weighted by molar-refractivity contribution is 6.09. The molecule has 2 saturated heterocycles. The lowest BCUT2D eigenvalue weighted by atomic mass is 9.72. The van der Waals surface area contributed by atoms with Gasteiger partial charge in [-0.3, -0.25) is 10.2 Å². The summed E-state index contributed by atoms with van der Waals surface area (Å²) in [5.74, 6) is 3.61. The molecule has 4 N–H and O–H groups in total. The van der Waals surface area contributed by atoms with Crippen LogP contribution in [-0.2, 0) is 10.2 Å². The minimum atomic E-state index is -0.351. The number of methoxy groups -OCH3 is 1. The first kappa shape index (κ1) is 21.6. The van der Waals surface area contributed by atoms with Crippen LogP contribution in [0, 0.1) is 17.8 Å². The van der Waals surface area contributed by atoms with Gasteiger partial charge in [-0.15, -0.1) is 0 Å². The predicted octanol–water partition coefficient (Wildman–Crippen LogP) is 2.34. The Morgan fingerprint density at radius 3 is 2.80 bits per heavy atom. The Morgan fingerprint density at radius 2 is 2.00 bits per heavy atom. The minimum absolute atomic E-state index is 0.180. The second kappa shape index (κ2) is 8.18. The minimum Gasteiger partial charge on any atom is -0.497 e. The summed E-state index contributed by atoms with van der Waals surface area (Å²) in [6.45, 7) is 4.07. The number of hydrazine groups is 1. The number of aromatic nitrogens is 1. The van der Waals surface area contributed by atoms with E-state index in [1.165, 1.54) is 18.4 Å². The van der Waals surface area contributed by atoms with E-state index in [4.69, 9.17) is 9.72 Å². The number of carbonyl (C=O) groups is 1. The zero-order chi connectivity index (χ0) is 23.6. The molecule has 1 amide bonds. The number of amides is 1. The zero-order valence-corrected chi connectivity index (χ0v) is 20.2. The van der Waals surface area contributed by atoms with Gasteiger partial charge in [0.1, 0.15) is 11.6 Å². The second-order valence-electron chi connectivity index (χ2n) is 10.9. The van der Waals surface area contributed by atoms with Crippen LogP contribution in [0.3, 0.4) is 0 Å². The van der Waals surface area contributed by atoms with Gasteiger partial charge in [-0.25, -0.2) is 10.4 Å². The lowest BCUT2D eigenvalue weighted by molar-refractivity contribution is -0.118. The molecule has 1 aromatic heterocycles. The third-order valence-electron chi connectivity index (χ3n) is 9.31. The summed E-state index contributed by atoms with van der Waals surface area (Å²) < 4.78 is 5.46. The maximum atomic E-state index is 13.1. The van der Waals surface area contributed by atoms with Gasteiger partial charge >= 0.3 is 0 Å². The Kier molecular flexibility index (Phi) is 5.05. The number of pyridine rings is 1. The highest BCUT2D eigenvalue weighted by Crippen LogP contribution is 2.65. The molecule has 2 aromatic rings. The van der Waals surface area contributed by atoms with Gasteiger partial charge in [0.15, 0.2) is 0 Å². The van der Waals surface area contributed by atoms with Crippen molar-refractivity contribution in [2.45, 2.75) is 43.2 Å². The summed E-state index contributed by atoms with van der Waals surface area (Å²) in [5.41, 5.74) is 10.2. The molecule has 8 nitrogen and oxygen atoms in total. The first-order valence-corrected chi connectivity index (χ1v) is 13.1. The van der Waals surface area contributed by atoms with Crippen LogP contribution < -0.4 is 31.1 Å². The van der Waals surface area contributed by atoms with E-state index in [2.05, 4.69) is 50.8 Å². The summed E-state index contributed by atoms with van der Waals surface area (Å²) in [4.78, 5) is 20.2. The van der Waals surface area contributed by atoms with E-state index in [0.29, 0.717) is 29.8 Å². The number of benzene rings is 1. The Labute approximate surface area is 206 Å². The van der Waals surface area contributed by atoms with Crippen molar-refractivity contribution in [1.29, 1.82) is 0 Å². The average molecular weight is 475 g/mol. The van der Waals surface area contributed by atoms with Crippen LogP contribution in [0.15, 0.2) is 36.5 Å². The molecular weight excluding hydrogens is 440 g/mol. The van der Waals surface area contributed by atoms with E-state index >= 15 is 0 Å². The van der Waals surface area contributed by atoms with E-state index in [0.717, 1.165) is 61.8 Å². The number of ether oxygens (including phenoxy) is 1. The van der Waals surface area contributed by atoms with Crippen LogP contribution in [0.4, 0.5) is 11.5 Å². The standard InChI is InChI=1S/C27H34N6O2/c1-35-18-4-6-22-20(13-18)27(26(34)30-22)14-21(27)16-2-5-19-23(12-16)31-32-25(19)17-3-7-24(29-15-17)33-10-8-28-9-11-33/h3-4,6-7,13,15-16,19,21,23,25,28,31-32H,2,5,8-12,14H2,1H3,(H,30,34)/t16?,19?,21?,23?,25?,27-/m0/s1. The number of nitrogens with one attached hydrogen (secondary N) is 4. The van der Waals surface area contributed by atoms with E-state index in [-0.39, 0.29) is 11.3 Å². The molecule has 35 heavy (non-hydrogen) atoms. The van der Waals surface area contributed by atoms with Crippen molar-refractivity contribution in [3.63, 3.8) is 0 Å². The first-order valence-electron chi connectivity index (χ1n) is 13.1. The zero-order valence-electron chi connectivity index (χ0n) is 20.2. The third-order valence-corrected chi connectivity index (χ3v) is 9.31. The molecule has 6 atom stereocenters. The van der Waals surface area contributed by atoms with Gasteiger partial charge in [0.2, 0.25) is 5.91 Å². The number of anilines is 2. The van der Waals surface area contributed by atoms with Crippen molar-refractivity contribution in [1.82, 2.24) is 21.2 Å². The number of piperazine rings is 1. The fraction of sp³-hybridized carbons (Fsp3) is 0.556. The van der Waals surface area contributed by atoms with Crippen LogP contribution in [0.1, 0.15) is 42.9 Å². The summed E-state index contributed by atoms with van der Waals surface area (Å²) in [7, 11) is 1.69. The van der Waals surface area contributed by atoms with Crippen molar-refractivity contribution in [3.05, 3.63) is 47.7 Å². The van der Waals surface area contributed by atoms with Crippen molar-refractivity contribution >= 4 is 17.4 Å². The lowest BCUT2D eigenvalue weighted by Crippen LogP contribution is -2.43. The van der Waals surface area contributed by atoms with Gasteiger partial charge in [0.05, 0.1) is 18.6 Å². The molecule has 0 bridgehead atoms. The fourth-order valence-electron chi connectivity index (χ4n) is 7.37. The fourth-order valence-corrected chi connectivity index (χ4v) is 7.37. The van der Waals surface area contributed by atoms with Crippen LogP contribution >= 0.6 is 0 Å². The molecule has 8 heteroatoms. The molecule has 3 aliphatic heterocycles. The highest BCUT2D eigenvalue weighted by Gasteiger charge is 2.67. The summed E-state index contributed by atoms with van der Waals surface area (Å²) in [6, 6.07) is 11.1. The van der Waals surface area contributed by atoms with Gasteiger partial charge in [0.25, 0.3) is 0 Å². The third kappa shape index (κ3) is 3.37. The normalized spacial score (nSPS) is 35.5. The number of hydrogen-bond acceptors (Lipinski definition) is 7. The summed E-state index contributed by atoms with van der Waals surface area (Å²) in [5, 5.41) is 6.54. The lowest BCUT2D eigenvalue weighted by Gasteiger charge is -2.34. The first-order chi connectivity index (χ1) is 17.2. The summed E-state index contributed by atoms with van der Waals surface area (Å²) in [6.07, 6.45) is 6.47. The van der Waals surface area contributed by atoms with E-state index in [9.17, 15) is 4.79 Å². The molecule has 2 aliphatic carbocycles. The number of hydrogen-bond donors (Lipinski definition) is 4. The van der Waals surface area contributed by atoms with Crippen LogP contribution in [-0.4, -0.2) is 50.2 Å². The molecule has 184 valence electrons. The van der Waals surface area contributed by atoms with Gasteiger partial charge in [-0.05, 0) is 78.8 Å². The smallest absolute Gasteiger partial charge is 0.235 e. The molecule has 2 saturated carbocycles. The maximum Gasteiger partial charge on any atom is 0.235 e. The Bertz CT molecular complexity index is 1130. The molecule has 7 rings (SSSR count). The quantitative estimate of drug-likeness (QED) is 0.541. The van der Waals surface area contributed by atoms with Gasteiger partial charge in [-0.1, -0.05) is 6.07 Å². The van der Waals surface area contributed by atoms with Crippen LogP contribution in [0.5, 0.6) is 5.75 Å². The maximum absolute atomic E-state index is 13.1. The van der Waals surface area contributed by atoms with Crippen molar-refractivity contribution in [2.24, 2.45) is 17.8 Å². The largest absolute Gasteiger partial charge is 0.497 e. The highest BCUT2D eigenvalue weighted by atomic mass is 16.5. The monoisotopic (exact) mass is 474 g/mol. The van der Waals surface area contributed by atoms with E-state index < -0.39 is 0 Å². The van der Waals surface area contributed by atoms with Crippen molar-refractivity contribution in [3.8, 4) is 5.75 Å². The topological polar surface area (TPSA) is 90.6 Å². The average Bonchev–Trinajstić information content (AvgIpc) is 3.44. The van der Waals surface area contributed by atoms with Gasteiger partial charge in [-0.2, -0.15) is 0 Å². The molecule has 0 radical (unpaired) electrons. The van der Waals surface area contributed by atoms with E-state index in [1.807, 2.05) is 12.1 Å². The Balaban J connectivity index is 1.04. The van der Waals surface area contributed by atoms with Crippen LogP contribution in [0.2, 0.25) is 0 Å². The number of carbonyl (C=O) groups excluding carboxylic acids is 1. The summed E-state index contributed by atoms with van der Waals surface area (Å²) >= 11 is 0. The van der Waals surface area contributed by atoms with E-state index in [1.54, 1.807) is 7.11 Å². The molecular formula is C27H34N6O2. The molecule has 4 heterocycles. The number of rotatable bonds is 4. The molecule has 1 spiro atoms. The molecule has 4 fully saturated rings. The van der Waals surface area contributed by atoms with Gasteiger partial charge < -0.3 is 20.3 Å². The molecule has 5 aliphatic rings. The Morgan fingerprint density at radius 1 is 1.11 bits per heavy atom. The van der Waals surface area contributed by atoms with Crippen molar-refractivity contribution < 1.29 is 9.53 Å². The molecule has 1 aromatic carbocycles. The SMILES string of the molecule is COc1ccc2c(c1)[C@]1(CC1C1CCC3C(C1)NNC3c1ccc(N3CCNCC3)nc1)C(=O)N2. The van der Waals surface area contributed by atoms with Crippen LogP contribution in [0.25, 0.3) is 0 Å². The van der Waals surface area contributed by atoms with Crippen molar-refractivity contribution in [2.75, 3.05) is 43.5 Å². The molecule has 5 unspecified atom stereocenters. The second-order valence-corrected chi connectivity index (χ2v) is 10.9. The van der Waals surface area contributed by atoms with Gasteiger partial charge in [0, 0.05) is 44.1 Å². The Hall–Kier alpha value is -2.68. The number of fused-ring (bicyclic) bond motifs is 3. The number of nitrogens with zero attached hydrogens (tertiary/aromatic N) is 2.